The summed E-state index contributed by atoms with van der Waals surface area (Å²) in [4.78, 5) is 10.6. The predicted molar refractivity (Wildman–Crippen MR) is 78.8 cm³/mol. The Bertz CT molecular complexity index is 437. The third kappa shape index (κ3) is 5.81. The Morgan fingerprint density at radius 1 is 1.42 bits per heavy atom. The molecule has 0 amide bonds. The molecular formula is C14H19Cl2NO2. The molecule has 3 nitrogen and oxygen atoms in total. The largest absolute Gasteiger partial charge is 0.481 e. The lowest BCUT2D eigenvalue weighted by molar-refractivity contribution is -0.137. The third-order valence-electron chi connectivity index (χ3n) is 3.26. The number of carbonyl (C=O) groups is 1. The molecule has 0 aromatic heterocycles. The molecule has 1 aromatic rings. The molecule has 0 heterocycles. The molecule has 2 atom stereocenters. The van der Waals surface area contributed by atoms with Gasteiger partial charge in [0, 0.05) is 16.1 Å². The lowest BCUT2D eigenvalue weighted by atomic mass is 9.93. The minimum atomic E-state index is -0.847. The smallest absolute Gasteiger partial charge is 0.304 e. The summed E-state index contributed by atoms with van der Waals surface area (Å²) < 4.78 is 0. The second-order valence-corrected chi connectivity index (χ2v) is 5.71. The molecule has 3 N–H and O–H groups in total. The van der Waals surface area contributed by atoms with Crippen LogP contribution < -0.4 is 5.73 Å². The van der Waals surface area contributed by atoms with Crippen LogP contribution in [-0.4, -0.2) is 17.1 Å². The Labute approximate surface area is 123 Å². The van der Waals surface area contributed by atoms with E-state index < -0.39 is 5.97 Å². The number of carboxylic acid groups (broad SMARTS) is 1. The van der Waals surface area contributed by atoms with Crippen molar-refractivity contribution in [2.24, 2.45) is 11.7 Å². The van der Waals surface area contributed by atoms with Crippen molar-refractivity contribution >= 4 is 29.2 Å². The number of nitrogens with two attached hydrogens (primary N) is 1. The topological polar surface area (TPSA) is 63.3 Å². The summed E-state index contributed by atoms with van der Waals surface area (Å²) in [6.07, 6.45) is 2.67. The van der Waals surface area contributed by atoms with Gasteiger partial charge in [0.1, 0.15) is 0 Å². The van der Waals surface area contributed by atoms with Crippen LogP contribution in [0.15, 0.2) is 18.2 Å². The maximum atomic E-state index is 10.6. The van der Waals surface area contributed by atoms with Crippen molar-refractivity contribution in [1.29, 1.82) is 0 Å². The lowest BCUT2D eigenvalue weighted by Crippen LogP contribution is -2.30. The lowest BCUT2D eigenvalue weighted by Gasteiger charge is -2.18. The maximum Gasteiger partial charge on any atom is 0.304 e. The quantitative estimate of drug-likeness (QED) is 0.806. The van der Waals surface area contributed by atoms with Crippen molar-refractivity contribution in [2.45, 2.75) is 38.6 Å². The Balaban J connectivity index is 2.39. The fourth-order valence-electron chi connectivity index (χ4n) is 1.96. The normalized spacial score (nSPS) is 14.1. The molecule has 19 heavy (non-hydrogen) atoms. The minimum Gasteiger partial charge on any atom is -0.481 e. The molecule has 0 aliphatic carbocycles. The zero-order valence-electron chi connectivity index (χ0n) is 10.9. The van der Waals surface area contributed by atoms with Crippen LogP contribution in [0.25, 0.3) is 0 Å². The number of aliphatic carboxylic acids is 1. The summed E-state index contributed by atoms with van der Waals surface area (Å²) in [5, 5.41) is 9.99. The van der Waals surface area contributed by atoms with Crippen LogP contribution in [0, 0.1) is 5.92 Å². The molecule has 0 bridgehead atoms. The standard InChI is InChI=1S/C14H19Cl2NO2/c1-9(13(17)8-14(18)19)3-2-4-10-5-6-11(15)7-12(10)16/h5-7,9,13H,2-4,8,17H2,1H3,(H,18,19). The molecule has 0 radical (unpaired) electrons. The Hall–Kier alpha value is -0.770. The summed E-state index contributed by atoms with van der Waals surface area (Å²) in [7, 11) is 0. The van der Waals surface area contributed by atoms with E-state index in [2.05, 4.69) is 0 Å². The fraction of sp³-hybridized carbons (Fsp3) is 0.500. The van der Waals surface area contributed by atoms with Gasteiger partial charge in [-0.2, -0.15) is 0 Å². The van der Waals surface area contributed by atoms with Crippen molar-refractivity contribution in [2.75, 3.05) is 0 Å². The van der Waals surface area contributed by atoms with E-state index in [1.807, 2.05) is 19.1 Å². The highest BCUT2D eigenvalue weighted by Crippen LogP contribution is 2.23. The minimum absolute atomic E-state index is 0.0167. The average molecular weight is 304 g/mol. The van der Waals surface area contributed by atoms with Crippen LogP contribution in [0.5, 0.6) is 0 Å². The van der Waals surface area contributed by atoms with Gasteiger partial charge < -0.3 is 10.8 Å². The molecule has 5 heteroatoms. The zero-order valence-corrected chi connectivity index (χ0v) is 12.4. The first kappa shape index (κ1) is 16.3. The van der Waals surface area contributed by atoms with Crippen molar-refractivity contribution in [3.8, 4) is 0 Å². The molecule has 0 aliphatic rings. The van der Waals surface area contributed by atoms with Gasteiger partial charge in [-0.3, -0.25) is 4.79 Å². The van der Waals surface area contributed by atoms with Crippen LogP contribution in [0.4, 0.5) is 0 Å². The maximum absolute atomic E-state index is 10.6. The monoisotopic (exact) mass is 303 g/mol. The molecule has 1 rings (SSSR count). The van der Waals surface area contributed by atoms with Crippen molar-refractivity contribution in [3.63, 3.8) is 0 Å². The van der Waals surface area contributed by atoms with E-state index in [1.165, 1.54) is 0 Å². The Kier molecular flexibility index (Phi) is 6.63. The van der Waals surface area contributed by atoms with Crippen molar-refractivity contribution < 1.29 is 9.90 Å². The van der Waals surface area contributed by atoms with E-state index >= 15 is 0 Å². The molecule has 0 aliphatic heterocycles. The van der Waals surface area contributed by atoms with Gasteiger partial charge in [0.15, 0.2) is 0 Å². The number of aryl methyl sites for hydroxylation is 1. The van der Waals surface area contributed by atoms with E-state index in [0.717, 1.165) is 24.8 Å². The molecular weight excluding hydrogens is 285 g/mol. The van der Waals surface area contributed by atoms with Gasteiger partial charge >= 0.3 is 5.97 Å². The molecule has 0 spiro atoms. The number of benzene rings is 1. The van der Waals surface area contributed by atoms with E-state index in [4.69, 9.17) is 34.0 Å². The zero-order chi connectivity index (χ0) is 14.4. The number of carboxylic acids is 1. The van der Waals surface area contributed by atoms with Gasteiger partial charge in [0.25, 0.3) is 0 Å². The Morgan fingerprint density at radius 2 is 2.11 bits per heavy atom. The van der Waals surface area contributed by atoms with Gasteiger partial charge in [-0.15, -0.1) is 0 Å². The van der Waals surface area contributed by atoms with Crippen LogP contribution in [0.2, 0.25) is 10.0 Å². The molecule has 1 aromatic carbocycles. The first-order valence-corrected chi connectivity index (χ1v) is 7.07. The summed E-state index contributed by atoms with van der Waals surface area (Å²) in [5.41, 5.74) is 6.88. The SMILES string of the molecule is CC(CCCc1ccc(Cl)cc1Cl)C(N)CC(=O)O. The van der Waals surface area contributed by atoms with Gasteiger partial charge in [-0.1, -0.05) is 36.2 Å². The molecule has 106 valence electrons. The van der Waals surface area contributed by atoms with Gasteiger partial charge in [-0.05, 0) is 42.9 Å². The van der Waals surface area contributed by atoms with Crippen LogP contribution in [-0.2, 0) is 11.2 Å². The summed E-state index contributed by atoms with van der Waals surface area (Å²) in [5.74, 6) is -0.665. The van der Waals surface area contributed by atoms with E-state index in [-0.39, 0.29) is 18.4 Å². The van der Waals surface area contributed by atoms with E-state index in [0.29, 0.717) is 10.0 Å². The first-order chi connectivity index (χ1) is 8.90. The molecule has 0 saturated carbocycles. The van der Waals surface area contributed by atoms with Crippen LogP contribution in [0.3, 0.4) is 0 Å². The van der Waals surface area contributed by atoms with Crippen molar-refractivity contribution in [1.82, 2.24) is 0 Å². The molecule has 0 saturated heterocycles. The highest BCUT2D eigenvalue weighted by atomic mass is 35.5. The summed E-state index contributed by atoms with van der Waals surface area (Å²) in [6, 6.07) is 5.19. The van der Waals surface area contributed by atoms with E-state index in [9.17, 15) is 4.79 Å². The molecule has 0 fully saturated rings. The number of hydrogen-bond donors (Lipinski definition) is 2. The summed E-state index contributed by atoms with van der Waals surface area (Å²) in [6.45, 7) is 1.98. The number of halogens is 2. The first-order valence-electron chi connectivity index (χ1n) is 6.31. The highest BCUT2D eigenvalue weighted by Gasteiger charge is 2.15. The van der Waals surface area contributed by atoms with Crippen molar-refractivity contribution in [3.05, 3.63) is 33.8 Å². The van der Waals surface area contributed by atoms with Gasteiger partial charge in [0.2, 0.25) is 0 Å². The van der Waals surface area contributed by atoms with Gasteiger partial charge in [0.05, 0.1) is 6.42 Å². The number of rotatable bonds is 7. The highest BCUT2D eigenvalue weighted by molar-refractivity contribution is 6.35. The predicted octanol–water partition coefficient (Wildman–Crippen LogP) is 3.75. The third-order valence-corrected chi connectivity index (χ3v) is 3.85. The van der Waals surface area contributed by atoms with Crippen LogP contribution in [0.1, 0.15) is 31.7 Å². The van der Waals surface area contributed by atoms with E-state index in [1.54, 1.807) is 6.07 Å². The van der Waals surface area contributed by atoms with Crippen LogP contribution >= 0.6 is 23.2 Å². The molecule has 2 unspecified atom stereocenters. The Morgan fingerprint density at radius 3 is 2.68 bits per heavy atom. The fourth-order valence-corrected chi connectivity index (χ4v) is 2.46. The summed E-state index contributed by atoms with van der Waals surface area (Å²) >= 11 is 11.9. The van der Waals surface area contributed by atoms with Gasteiger partial charge in [-0.25, -0.2) is 0 Å². The number of hydrogen-bond acceptors (Lipinski definition) is 2. The average Bonchev–Trinajstić information content (AvgIpc) is 2.30. The second kappa shape index (κ2) is 7.73. The second-order valence-electron chi connectivity index (χ2n) is 4.87.